The van der Waals surface area contributed by atoms with Crippen LogP contribution < -0.4 is 14.5 Å². The van der Waals surface area contributed by atoms with Crippen LogP contribution in [-0.2, 0) is 17.9 Å². The quantitative estimate of drug-likeness (QED) is 0.349. The smallest absolute Gasteiger partial charge is 0.227 e. The monoisotopic (exact) mass is 570 g/mol. The summed E-state index contributed by atoms with van der Waals surface area (Å²) in [4.78, 5) is 31.8. The molecule has 0 N–H and O–H groups in total. The van der Waals surface area contributed by atoms with E-state index in [2.05, 4.69) is 81.0 Å². The van der Waals surface area contributed by atoms with Crippen LogP contribution in [0.4, 0.5) is 11.6 Å². The molecule has 0 bridgehead atoms. The first-order valence-corrected chi connectivity index (χ1v) is 15.6. The molecule has 3 aromatic rings. The van der Waals surface area contributed by atoms with Gasteiger partial charge < -0.3 is 14.5 Å². The minimum atomic E-state index is 0.185. The predicted molar refractivity (Wildman–Crippen MR) is 169 cm³/mol. The maximum absolute atomic E-state index is 13.5. The molecule has 2 aromatic carbocycles. The predicted octanol–water partition coefficient (Wildman–Crippen LogP) is 5.24. The highest BCUT2D eigenvalue weighted by molar-refractivity contribution is 5.94. The molecule has 3 heterocycles. The standard InChI is InChI=1S/C34H46N6O2/c1-28(2)24-33(41)40-19-9-18-39(34-35-14-8-15-36-34)21-20-38(27-30-11-3-4-13-32(30)40)26-29-10-7-12-31(25-29)42-23-22-37-16-5-6-17-37/h3-4,7-8,10-15,25,28H,5-6,9,16-24,26-27H2,1-2H3. The van der Waals surface area contributed by atoms with Gasteiger partial charge in [0.15, 0.2) is 0 Å². The van der Waals surface area contributed by atoms with Gasteiger partial charge in [-0.2, -0.15) is 0 Å². The van der Waals surface area contributed by atoms with Gasteiger partial charge in [0, 0.05) is 70.3 Å². The van der Waals surface area contributed by atoms with Crippen molar-refractivity contribution in [1.29, 1.82) is 0 Å². The molecule has 42 heavy (non-hydrogen) atoms. The number of para-hydroxylation sites is 1. The van der Waals surface area contributed by atoms with Crippen LogP contribution in [-0.4, -0.2) is 78.1 Å². The Hall–Kier alpha value is -3.49. The van der Waals surface area contributed by atoms with Gasteiger partial charge in [-0.1, -0.05) is 44.2 Å². The number of amides is 1. The van der Waals surface area contributed by atoms with Crippen LogP contribution in [0.15, 0.2) is 67.0 Å². The number of benzene rings is 2. The fourth-order valence-corrected chi connectivity index (χ4v) is 5.94. The lowest BCUT2D eigenvalue weighted by molar-refractivity contribution is -0.119. The Morgan fingerprint density at radius 3 is 2.48 bits per heavy atom. The van der Waals surface area contributed by atoms with Gasteiger partial charge in [0.25, 0.3) is 0 Å². The maximum atomic E-state index is 13.5. The molecule has 2 aliphatic heterocycles. The number of carbonyl (C=O) groups is 1. The van der Waals surface area contributed by atoms with E-state index in [-0.39, 0.29) is 5.91 Å². The van der Waals surface area contributed by atoms with E-state index in [1.807, 2.05) is 17.0 Å². The van der Waals surface area contributed by atoms with Crippen LogP contribution in [0.2, 0.25) is 0 Å². The summed E-state index contributed by atoms with van der Waals surface area (Å²) in [6.07, 6.45) is 7.57. The lowest BCUT2D eigenvalue weighted by atomic mass is 10.1. The summed E-state index contributed by atoms with van der Waals surface area (Å²) in [5.74, 6) is 2.15. The van der Waals surface area contributed by atoms with Crippen molar-refractivity contribution in [3.8, 4) is 5.75 Å². The third kappa shape index (κ3) is 8.52. The van der Waals surface area contributed by atoms with Crippen molar-refractivity contribution >= 4 is 17.5 Å². The number of anilines is 2. The van der Waals surface area contributed by atoms with E-state index in [1.54, 1.807) is 12.4 Å². The fourth-order valence-electron chi connectivity index (χ4n) is 5.94. The first kappa shape index (κ1) is 30.0. The molecule has 1 saturated heterocycles. The molecule has 1 fully saturated rings. The van der Waals surface area contributed by atoms with Crippen molar-refractivity contribution in [3.05, 3.63) is 78.1 Å². The summed E-state index contributed by atoms with van der Waals surface area (Å²) >= 11 is 0. The number of aromatic nitrogens is 2. The molecule has 5 rings (SSSR count). The van der Waals surface area contributed by atoms with Gasteiger partial charge in [0.1, 0.15) is 12.4 Å². The van der Waals surface area contributed by atoms with Crippen LogP contribution in [0.5, 0.6) is 5.75 Å². The zero-order chi connectivity index (χ0) is 29.1. The van der Waals surface area contributed by atoms with E-state index >= 15 is 0 Å². The largest absolute Gasteiger partial charge is 0.492 e. The van der Waals surface area contributed by atoms with Gasteiger partial charge in [-0.3, -0.25) is 14.6 Å². The summed E-state index contributed by atoms with van der Waals surface area (Å²) in [6.45, 7) is 12.9. The third-order valence-corrected chi connectivity index (χ3v) is 8.07. The van der Waals surface area contributed by atoms with Crippen LogP contribution in [0.3, 0.4) is 0 Å². The zero-order valence-corrected chi connectivity index (χ0v) is 25.3. The van der Waals surface area contributed by atoms with Crippen molar-refractivity contribution < 1.29 is 9.53 Å². The van der Waals surface area contributed by atoms with Crippen molar-refractivity contribution in [2.24, 2.45) is 5.92 Å². The first-order chi connectivity index (χ1) is 20.5. The summed E-state index contributed by atoms with van der Waals surface area (Å²) < 4.78 is 6.17. The molecule has 0 unspecified atom stereocenters. The van der Waals surface area contributed by atoms with Gasteiger partial charge in [-0.25, -0.2) is 9.97 Å². The van der Waals surface area contributed by atoms with E-state index in [0.717, 1.165) is 63.1 Å². The molecule has 2 aliphatic rings. The lowest BCUT2D eigenvalue weighted by Crippen LogP contribution is -2.37. The third-order valence-electron chi connectivity index (χ3n) is 8.07. The normalized spacial score (nSPS) is 17.2. The molecule has 0 spiro atoms. The zero-order valence-electron chi connectivity index (χ0n) is 25.3. The Bertz CT molecular complexity index is 1260. The topological polar surface area (TPSA) is 65.0 Å². The summed E-state index contributed by atoms with van der Waals surface area (Å²) in [5, 5.41) is 0. The van der Waals surface area contributed by atoms with Crippen molar-refractivity contribution in [1.82, 2.24) is 19.8 Å². The number of hydrogen-bond acceptors (Lipinski definition) is 7. The molecule has 1 amide bonds. The van der Waals surface area contributed by atoms with E-state index < -0.39 is 0 Å². The Labute approximate surface area is 251 Å². The number of hydrogen-bond donors (Lipinski definition) is 0. The molecular formula is C34H46N6O2. The maximum Gasteiger partial charge on any atom is 0.227 e. The number of fused-ring (bicyclic) bond motifs is 1. The van der Waals surface area contributed by atoms with Crippen LogP contribution in [0.1, 0.15) is 50.7 Å². The second-order valence-corrected chi connectivity index (χ2v) is 11.9. The Morgan fingerprint density at radius 2 is 1.67 bits per heavy atom. The van der Waals surface area contributed by atoms with E-state index in [1.165, 1.54) is 37.1 Å². The molecule has 8 nitrogen and oxygen atoms in total. The highest BCUT2D eigenvalue weighted by atomic mass is 16.5. The highest BCUT2D eigenvalue weighted by Crippen LogP contribution is 2.26. The average molecular weight is 571 g/mol. The second kappa shape index (κ2) is 15.1. The van der Waals surface area contributed by atoms with Crippen molar-refractivity contribution in [2.45, 2.75) is 52.6 Å². The molecule has 0 saturated carbocycles. The Kier molecular flexibility index (Phi) is 10.8. The van der Waals surface area contributed by atoms with Gasteiger partial charge in [-0.05, 0) is 73.7 Å². The molecular weight excluding hydrogens is 524 g/mol. The van der Waals surface area contributed by atoms with E-state index in [9.17, 15) is 4.79 Å². The summed E-state index contributed by atoms with van der Waals surface area (Å²) in [5.41, 5.74) is 3.42. The van der Waals surface area contributed by atoms with E-state index in [0.29, 0.717) is 25.5 Å². The second-order valence-electron chi connectivity index (χ2n) is 11.9. The van der Waals surface area contributed by atoms with Gasteiger partial charge >= 0.3 is 0 Å². The van der Waals surface area contributed by atoms with Crippen LogP contribution in [0, 0.1) is 5.92 Å². The molecule has 8 heteroatoms. The van der Waals surface area contributed by atoms with Gasteiger partial charge in [0.05, 0.1) is 0 Å². The summed E-state index contributed by atoms with van der Waals surface area (Å²) in [7, 11) is 0. The fraction of sp³-hybridized carbons (Fsp3) is 0.500. The van der Waals surface area contributed by atoms with Gasteiger partial charge in [-0.15, -0.1) is 0 Å². The van der Waals surface area contributed by atoms with Crippen LogP contribution >= 0.6 is 0 Å². The molecule has 0 radical (unpaired) electrons. The SMILES string of the molecule is CC(C)CC(=O)N1CCCN(c2ncccn2)CCN(Cc2cccc(OCCN3CCCC3)c2)Cc2ccccc21. The van der Waals surface area contributed by atoms with Crippen molar-refractivity contribution in [3.63, 3.8) is 0 Å². The number of rotatable bonds is 9. The van der Waals surface area contributed by atoms with Crippen LogP contribution in [0.25, 0.3) is 0 Å². The summed E-state index contributed by atoms with van der Waals surface area (Å²) in [6, 6.07) is 18.8. The van der Waals surface area contributed by atoms with Gasteiger partial charge in [0.2, 0.25) is 11.9 Å². The minimum absolute atomic E-state index is 0.185. The van der Waals surface area contributed by atoms with Crippen molar-refractivity contribution in [2.75, 3.05) is 62.2 Å². The number of ether oxygens (including phenoxy) is 1. The first-order valence-electron chi connectivity index (χ1n) is 15.6. The number of likely N-dealkylation sites (tertiary alicyclic amines) is 1. The molecule has 0 atom stereocenters. The molecule has 0 aliphatic carbocycles. The Balaban J connectivity index is 1.37. The van der Waals surface area contributed by atoms with E-state index in [4.69, 9.17) is 4.74 Å². The number of carbonyl (C=O) groups excluding carboxylic acids is 1. The Morgan fingerprint density at radius 1 is 0.857 bits per heavy atom. The molecule has 224 valence electrons. The minimum Gasteiger partial charge on any atom is -0.492 e. The molecule has 1 aromatic heterocycles. The lowest BCUT2D eigenvalue weighted by Gasteiger charge is -2.28. The number of nitrogens with zero attached hydrogens (tertiary/aromatic N) is 6. The average Bonchev–Trinajstić information content (AvgIpc) is 3.50. The highest BCUT2D eigenvalue weighted by Gasteiger charge is 2.23.